The van der Waals surface area contributed by atoms with Crippen molar-refractivity contribution in [1.82, 2.24) is 4.90 Å². The predicted octanol–water partition coefficient (Wildman–Crippen LogP) is 2.84. The molecule has 3 nitrogen and oxygen atoms in total. The average Bonchev–Trinajstić information content (AvgIpc) is 2.44. The molecule has 1 aliphatic rings. The molecule has 5 heteroatoms. The molecule has 112 valence electrons. The minimum absolute atomic E-state index is 0.0510. The second-order valence-electron chi connectivity index (χ2n) is 5.45. The Bertz CT molecular complexity index is 438. The lowest BCUT2D eigenvalue weighted by atomic mass is 9.99. The molecular formula is C15H22ClFN2O. The molecule has 0 bridgehead atoms. The van der Waals surface area contributed by atoms with Crippen LogP contribution in [0, 0.1) is 11.7 Å². The van der Waals surface area contributed by atoms with E-state index in [1.807, 2.05) is 7.05 Å². The molecule has 0 aliphatic carbocycles. The molecule has 1 heterocycles. The molecule has 2 atom stereocenters. The van der Waals surface area contributed by atoms with Gasteiger partial charge in [0.25, 0.3) is 0 Å². The Labute approximate surface area is 124 Å². The Morgan fingerprint density at radius 3 is 2.95 bits per heavy atom. The average molecular weight is 301 g/mol. The molecule has 1 saturated heterocycles. The van der Waals surface area contributed by atoms with Gasteiger partial charge in [0.15, 0.2) is 0 Å². The fraction of sp³-hybridized carbons (Fsp3) is 0.600. The normalized spacial score (nSPS) is 21.1. The van der Waals surface area contributed by atoms with Crippen LogP contribution in [-0.2, 0) is 4.74 Å². The van der Waals surface area contributed by atoms with Crippen LogP contribution in [0.15, 0.2) is 18.2 Å². The van der Waals surface area contributed by atoms with Gasteiger partial charge >= 0.3 is 0 Å². The van der Waals surface area contributed by atoms with Crippen LogP contribution in [0.2, 0.25) is 5.02 Å². The van der Waals surface area contributed by atoms with Crippen molar-refractivity contribution in [3.8, 4) is 0 Å². The van der Waals surface area contributed by atoms with Crippen molar-refractivity contribution in [2.75, 3.05) is 33.4 Å². The highest BCUT2D eigenvalue weighted by molar-refractivity contribution is 6.30. The van der Waals surface area contributed by atoms with Crippen LogP contribution in [0.3, 0.4) is 0 Å². The summed E-state index contributed by atoms with van der Waals surface area (Å²) in [6, 6.07) is 4.88. The summed E-state index contributed by atoms with van der Waals surface area (Å²) in [6.07, 6.45) is 2.31. The van der Waals surface area contributed by atoms with Crippen LogP contribution in [0.1, 0.15) is 24.4 Å². The third-order valence-electron chi connectivity index (χ3n) is 3.88. The van der Waals surface area contributed by atoms with Gasteiger partial charge in [-0.05, 0) is 43.5 Å². The largest absolute Gasteiger partial charge is 0.381 e. The first kappa shape index (κ1) is 15.7. The molecule has 1 aromatic rings. The van der Waals surface area contributed by atoms with Crippen LogP contribution >= 0.6 is 11.6 Å². The maximum absolute atomic E-state index is 13.2. The zero-order valence-corrected chi connectivity index (χ0v) is 12.6. The van der Waals surface area contributed by atoms with Crippen LogP contribution in [0.4, 0.5) is 4.39 Å². The van der Waals surface area contributed by atoms with Crippen LogP contribution in [0.25, 0.3) is 0 Å². The number of nitrogens with two attached hydrogens (primary N) is 1. The van der Waals surface area contributed by atoms with Gasteiger partial charge in [-0.1, -0.05) is 17.7 Å². The number of nitrogens with zero attached hydrogens (tertiary/aromatic N) is 1. The lowest BCUT2D eigenvalue weighted by molar-refractivity contribution is 0.0365. The van der Waals surface area contributed by atoms with Gasteiger partial charge < -0.3 is 10.5 Å². The van der Waals surface area contributed by atoms with E-state index in [9.17, 15) is 4.39 Å². The fourth-order valence-corrected chi connectivity index (χ4v) is 2.97. The zero-order valence-electron chi connectivity index (χ0n) is 11.8. The van der Waals surface area contributed by atoms with Gasteiger partial charge in [-0.3, -0.25) is 4.90 Å². The first-order chi connectivity index (χ1) is 9.61. The van der Waals surface area contributed by atoms with E-state index < -0.39 is 5.82 Å². The van der Waals surface area contributed by atoms with E-state index in [2.05, 4.69) is 4.90 Å². The molecule has 1 aromatic carbocycles. The van der Waals surface area contributed by atoms with Crippen LogP contribution < -0.4 is 5.73 Å². The minimum atomic E-state index is -0.394. The molecule has 1 fully saturated rings. The van der Waals surface area contributed by atoms with Gasteiger partial charge in [-0.2, -0.15) is 0 Å². The topological polar surface area (TPSA) is 38.5 Å². The summed E-state index contributed by atoms with van der Waals surface area (Å²) in [7, 11) is 2.05. The Balaban J connectivity index is 2.03. The van der Waals surface area contributed by atoms with E-state index in [1.54, 1.807) is 12.1 Å². The number of likely N-dealkylation sites (N-methyl/N-ethyl adjacent to an activating group) is 1. The highest BCUT2D eigenvalue weighted by Crippen LogP contribution is 2.25. The summed E-state index contributed by atoms with van der Waals surface area (Å²) >= 11 is 5.86. The quantitative estimate of drug-likeness (QED) is 0.909. The minimum Gasteiger partial charge on any atom is -0.381 e. The van der Waals surface area contributed by atoms with Crippen molar-refractivity contribution in [2.45, 2.75) is 18.9 Å². The lowest BCUT2D eigenvalue weighted by Crippen LogP contribution is -2.36. The predicted molar refractivity (Wildman–Crippen MR) is 79.4 cm³/mol. The number of ether oxygens (including phenoxy) is 1. The van der Waals surface area contributed by atoms with E-state index in [0.717, 1.165) is 31.7 Å². The molecule has 0 aromatic heterocycles. The van der Waals surface area contributed by atoms with Gasteiger partial charge in [-0.15, -0.1) is 0 Å². The van der Waals surface area contributed by atoms with Gasteiger partial charge in [-0.25, -0.2) is 4.39 Å². The number of rotatable bonds is 5. The van der Waals surface area contributed by atoms with Gasteiger partial charge in [0.2, 0.25) is 0 Å². The first-order valence-electron chi connectivity index (χ1n) is 7.04. The number of hydrogen-bond donors (Lipinski definition) is 1. The summed E-state index contributed by atoms with van der Waals surface area (Å²) in [4.78, 5) is 2.21. The van der Waals surface area contributed by atoms with Crippen molar-refractivity contribution < 1.29 is 9.13 Å². The van der Waals surface area contributed by atoms with Crippen LogP contribution in [0.5, 0.6) is 0 Å². The van der Waals surface area contributed by atoms with E-state index in [0.29, 0.717) is 12.5 Å². The van der Waals surface area contributed by atoms with Gasteiger partial charge in [0.05, 0.1) is 11.6 Å². The molecule has 1 aliphatic heterocycles. The Morgan fingerprint density at radius 1 is 1.55 bits per heavy atom. The van der Waals surface area contributed by atoms with E-state index in [4.69, 9.17) is 22.1 Å². The van der Waals surface area contributed by atoms with E-state index >= 15 is 0 Å². The molecular weight excluding hydrogens is 279 g/mol. The molecule has 2 N–H and O–H groups in total. The number of hydrogen-bond acceptors (Lipinski definition) is 3. The van der Waals surface area contributed by atoms with E-state index in [-0.39, 0.29) is 11.1 Å². The summed E-state index contributed by atoms with van der Waals surface area (Å²) in [5, 5.41) is 0.148. The molecule has 20 heavy (non-hydrogen) atoms. The highest BCUT2D eigenvalue weighted by Gasteiger charge is 2.21. The zero-order chi connectivity index (χ0) is 14.5. The van der Waals surface area contributed by atoms with Crippen LogP contribution in [-0.4, -0.2) is 38.3 Å². The summed E-state index contributed by atoms with van der Waals surface area (Å²) in [5.41, 5.74) is 6.85. The third kappa shape index (κ3) is 3.92. The number of benzene rings is 1. The number of halogens is 2. The van der Waals surface area contributed by atoms with Crippen molar-refractivity contribution >= 4 is 11.6 Å². The monoisotopic (exact) mass is 300 g/mol. The molecule has 0 radical (unpaired) electrons. The van der Waals surface area contributed by atoms with Gasteiger partial charge in [0, 0.05) is 25.7 Å². The SMILES string of the molecule is CN(CC1CCCOC1)C(CN)c1ccc(F)c(Cl)c1. The van der Waals surface area contributed by atoms with Gasteiger partial charge in [0.1, 0.15) is 5.82 Å². The Kier molecular flexibility index (Phi) is 5.78. The fourth-order valence-electron chi connectivity index (χ4n) is 2.78. The smallest absolute Gasteiger partial charge is 0.141 e. The summed E-state index contributed by atoms with van der Waals surface area (Å²) < 4.78 is 18.8. The molecule has 0 saturated carbocycles. The van der Waals surface area contributed by atoms with Crippen molar-refractivity contribution in [2.24, 2.45) is 11.7 Å². The Morgan fingerprint density at radius 2 is 2.35 bits per heavy atom. The molecule has 2 rings (SSSR count). The molecule has 2 unspecified atom stereocenters. The highest BCUT2D eigenvalue weighted by atomic mass is 35.5. The van der Waals surface area contributed by atoms with E-state index in [1.165, 1.54) is 12.5 Å². The van der Waals surface area contributed by atoms with Crippen molar-refractivity contribution in [3.05, 3.63) is 34.6 Å². The molecule has 0 spiro atoms. The second-order valence-corrected chi connectivity index (χ2v) is 5.85. The lowest BCUT2D eigenvalue weighted by Gasteiger charge is -2.32. The summed E-state index contributed by atoms with van der Waals surface area (Å²) in [6.45, 7) is 3.09. The standard InChI is InChI=1S/C15H22ClFN2O/c1-19(9-11-3-2-6-20-10-11)15(8-18)12-4-5-14(17)13(16)7-12/h4-5,7,11,15H,2-3,6,8-10,18H2,1H3. The van der Waals surface area contributed by atoms with Crippen molar-refractivity contribution in [3.63, 3.8) is 0 Å². The van der Waals surface area contributed by atoms with Crippen molar-refractivity contribution in [1.29, 1.82) is 0 Å². The summed E-state index contributed by atoms with van der Waals surface area (Å²) in [5.74, 6) is 0.147. The maximum atomic E-state index is 13.2. The first-order valence-corrected chi connectivity index (χ1v) is 7.42. The molecule has 0 amide bonds. The second kappa shape index (κ2) is 7.36. The third-order valence-corrected chi connectivity index (χ3v) is 4.17. The Hall–Kier alpha value is -0.680. The maximum Gasteiger partial charge on any atom is 0.141 e.